The molecular weight excluding hydrogens is 390 g/mol. The first-order chi connectivity index (χ1) is 14.4. The van der Waals surface area contributed by atoms with Crippen molar-refractivity contribution in [1.82, 2.24) is 5.32 Å². The van der Waals surface area contributed by atoms with Crippen molar-refractivity contribution in [2.45, 2.75) is 25.8 Å². The van der Waals surface area contributed by atoms with Crippen LogP contribution in [0.3, 0.4) is 0 Å². The third-order valence-corrected chi connectivity index (χ3v) is 4.36. The number of hydrogen-bond acceptors (Lipinski definition) is 7. The summed E-state index contributed by atoms with van der Waals surface area (Å²) in [7, 11) is 4.35. The van der Waals surface area contributed by atoms with Gasteiger partial charge in [0.1, 0.15) is 5.75 Å². The molecule has 2 aromatic carbocycles. The molecule has 1 amide bonds. The first-order valence-corrected chi connectivity index (χ1v) is 9.46. The smallest absolute Gasteiger partial charge is 0.252 e. The summed E-state index contributed by atoms with van der Waals surface area (Å²) in [5.74, 6) is -0.121. The third kappa shape index (κ3) is 5.79. The fourth-order valence-electron chi connectivity index (χ4n) is 2.89. The Kier molecular flexibility index (Phi) is 8.34. The molecule has 162 valence electrons. The Morgan fingerprint density at radius 3 is 2.07 bits per heavy atom. The van der Waals surface area contributed by atoms with E-state index in [4.69, 9.17) is 18.9 Å². The number of methoxy groups -OCH3 is 3. The molecule has 8 nitrogen and oxygen atoms in total. The van der Waals surface area contributed by atoms with E-state index >= 15 is 0 Å². The highest BCUT2D eigenvalue weighted by atomic mass is 16.5. The van der Waals surface area contributed by atoms with Crippen LogP contribution in [0.4, 0.5) is 0 Å². The van der Waals surface area contributed by atoms with Gasteiger partial charge in [0.05, 0.1) is 34.0 Å². The fraction of sp³-hybridized carbons (Fsp3) is 0.364. The molecule has 0 spiro atoms. The van der Waals surface area contributed by atoms with Gasteiger partial charge >= 0.3 is 0 Å². The molecule has 2 aromatic rings. The Morgan fingerprint density at radius 1 is 1.00 bits per heavy atom. The summed E-state index contributed by atoms with van der Waals surface area (Å²) < 4.78 is 21.3. The number of carbonyl (C=O) groups excluding carboxylic acids is 2. The molecular formula is C22H26NO7-. The average molecular weight is 416 g/mol. The standard InChI is InChI=1S/C22H27NO7/c1-5-10-30-16-8-6-14(7-9-16)17(13-20(24)25)23-22(26)15-11-18(27-2)21(29-4)19(12-15)28-3/h6-9,11-12,17H,5,10,13H2,1-4H3,(H,23,26)(H,24,25)/p-1. The van der Waals surface area contributed by atoms with E-state index in [0.29, 0.717) is 35.2 Å². The predicted octanol–water partition coefficient (Wildman–Crippen LogP) is 2.11. The number of carboxylic acid groups (broad SMARTS) is 1. The summed E-state index contributed by atoms with van der Waals surface area (Å²) in [6.07, 6.45) is 0.491. The Labute approximate surface area is 175 Å². The SMILES string of the molecule is CCCOc1ccc(C(CC(=O)[O-])NC(=O)c2cc(OC)c(OC)c(OC)c2)cc1. The topological polar surface area (TPSA) is 106 Å². The zero-order chi connectivity index (χ0) is 22.1. The molecule has 0 heterocycles. The van der Waals surface area contributed by atoms with Gasteiger partial charge in [-0.2, -0.15) is 0 Å². The predicted molar refractivity (Wildman–Crippen MR) is 108 cm³/mol. The van der Waals surface area contributed by atoms with Gasteiger partial charge in [-0.3, -0.25) is 4.79 Å². The number of aliphatic carboxylic acids is 1. The minimum atomic E-state index is -1.28. The van der Waals surface area contributed by atoms with Gasteiger partial charge in [0, 0.05) is 18.0 Å². The molecule has 0 saturated carbocycles. The summed E-state index contributed by atoms with van der Waals surface area (Å²) in [6.45, 7) is 2.59. The van der Waals surface area contributed by atoms with Gasteiger partial charge in [0.25, 0.3) is 5.91 Å². The number of benzene rings is 2. The zero-order valence-corrected chi connectivity index (χ0v) is 17.5. The lowest BCUT2D eigenvalue weighted by molar-refractivity contribution is -0.306. The molecule has 0 aliphatic heterocycles. The molecule has 8 heteroatoms. The molecule has 30 heavy (non-hydrogen) atoms. The quantitative estimate of drug-likeness (QED) is 0.598. The maximum Gasteiger partial charge on any atom is 0.252 e. The van der Waals surface area contributed by atoms with Crippen LogP contribution in [0.1, 0.15) is 41.7 Å². The van der Waals surface area contributed by atoms with Gasteiger partial charge in [0.2, 0.25) is 5.75 Å². The maximum absolute atomic E-state index is 12.9. The van der Waals surface area contributed by atoms with Gasteiger partial charge in [0.15, 0.2) is 11.5 Å². The van der Waals surface area contributed by atoms with Crippen molar-refractivity contribution in [1.29, 1.82) is 0 Å². The van der Waals surface area contributed by atoms with Gasteiger partial charge in [-0.05, 0) is 36.2 Å². The number of carbonyl (C=O) groups is 2. The molecule has 0 radical (unpaired) electrons. The Morgan fingerprint density at radius 2 is 1.60 bits per heavy atom. The number of amides is 1. The van der Waals surface area contributed by atoms with Crippen LogP contribution in [0, 0.1) is 0 Å². The normalized spacial score (nSPS) is 11.3. The van der Waals surface area contributed by atoms with Crippen LogP contribution in [-0.2, 0) is 4.79 Å². The molecule has 0 aliphatic carbocycles. The van der Waals surface area contributed by atoms with Gasteiger partial charge < -0.3 is 34.2 Å². The molecule has 0 bridgehead atoms. The number of rotatable bonds is 11. The summed E-state index contributed by atoms with van der Waals surface area (Å²) in [4.78, 5) is 24.1. The summed E-state index contributed by atoms with van der Waals surface area (Å²) in [6, 6.07) is 9.10. The first kappa shape index (κ1) is 22.9. The van der Waals surface area contributed by atoms with Crippen LogP contribution in [-0.4, -0.2) is 39.8 Å². The van der Waals surface area contributed by atoms with Crippen LogP contribution >= 0.6 is 0 Å². The van der Waals surface area contributed by atoms with Crippen molar-refractivity contribution in [2.24, 2.45) is 0 Å². The average Bonchev–Trinajstić information content (AvgIpc) is 2.76. The van der Waals surface area contributed by atoms with Crippen LogP contribution < -0.4 is 29.4 Å². The lowest BCUT2D eigenvalue weighted by Gasteiger charge is -2.21. The highest BCUT2D eigenvalue weighted by molar-refractivity contribution is 5.96. The van der Waals surface area contributed by atoms with E-state index in [2.05, 4.69) is 5.32 Å². The molecule has 1 unspecified atom stereocenters. The van der Waals surface area contributed by atoms with Crippen molar-refractivity contribution in [3.8, 4) is 23.0 Å². The van der Waals surface area contributed by atoms with Crippen molar-refractivity contribution in [3.05, 3.63) is 47.5 Å². The molecule has 0 saturated heterocycles. The Balaban J connectivity index is 2.28. The van der Waals surface area contributed by atoms with Crippen molar-refractivity contribution < 1.29 is 33.6 Å². The second kappa shape index (κ2) is 10.9. The van der Waals surface area contributed by atoms with Crippen LogP contribution in [0.15, 0.2) is 36.4 Å². The second-order valence-corrected chi connectivity index (χ2v) is 6.43. The molecule has 2 rings (SSSR count). The van der Waals surface area contributed by atoms with Crippen LogP contribution in [0.5, 0.6) is 23.0 Å². The Hall–Kier alpha value is -3.42. The molecule has 1 N–H and O–H groups in total. The van der Waals surface area contributed by atoms with Crippen molar-refractivity contribution in [2.75, 3.05) is 27.9 Å². The Bertz CT molecular complexity index is 839. The highest BCUT2D eigenvalue weighted by Crippen LogP contribution is 2.38. The van der Waals surface area contributed by atoms with E-state index in [1.54, 1.807) is 24.3 Å². The fourth-order valence-corrected chi connectivity index (χ4v) is 2.89. The second-order valence-electron chi connectivity index (χ2n) is 6.43. The zero-order valence-electron chi connectivity index (χ0n) is 17.5. The highest BCUT2D eigenvalue weighted by Gasteiger charge is 2.20. The first-order valence-electron chi connectivity index (χ1n) is 9.46. The van der Waals surface area contributed by atoms with Crippen LogP contribution in [0.25, 0.3) is 0 Å². The van der Waals surface area contributed by atoms with E-state index in [1.807, 2.05) is 6.92 Å². The van der Waals surface area contributed by atoms with E-state index in [0.717, 1.165) is 6.42 Å². The van der Waals surface area contributed by atoms with E-state index in [-0.39, 0.29) is 12.0 Å². The van der Waals surface area contributed by atoms with Crippen LogP contribution in [0.2, 0.25) is 0 Å². The lowest BCUT2D eigenvalue weighted by Crippen LogP contribution is -2.34. The number of ether oxygens (including phenoxy) is 4. The number of hydrogen-bond donors (Lipinski definition) is 1. The summed E-state index contributed by atoms with van der Waals surface area (Å²) >= 11 is 0. The third-order valence-electron chi connectivity index (χ3n) is 4.36. The summed E-state index contributed by atoms with van der Waals surface area (Å²) in [5.41, 5.74) is 0.847. The molecule has 1 atom stereocenters. The minimum Gasteiger partial charge on any atom is -0.550 e. The molecule has 0 aliphatic rings. The summed E-state index contributed by atoms with van der Waals surface area (Å²) in [5, 5.41) is 14.0. The van der Waals surface area contributed by atoms with E-state index in [9.17, 15) is 14.7 Å². The van der Waals surface area contributed by atoms with Crippen molar-refractivity contribution >= 4 is 11.9 Å². The number of nitrogens with one attached hydrogen (secondary N) is 1. The monoisotopic (exact) mass is 416 g/mol. The molecule has 0 aromatic heterocycles. The maximum atomic E-state index is 12.9. The largest absolute Gasteiger partial charge is 0.550 e. The van der Waals surface area contributed by atoms with E-state index in [1.165, 1.54) is 33.5 Å². The van der Waals surface area contributed by atoms with Gasteiger partial charge in [-0.25, -0.2) is 0 Å². The van der Waals surface area contributed by atoms with Crippen molar-refractivity contribution in [3.63, 3.8) is 0 Å². The van der Waals surface area contributed by atoms with Gasteiger partial charge in [-0.1, -0.05) is 19.1 Å². The minimum absolute atomic E-state index is 0.232. The number of carboxylic acids is 1. The molecule has 0 fully saturated rings. The lowest BCUT2D eigenvalue weighted by atomic mass is 10.0. The van der Waals surface area contributed by atoms with E-state index < -0.39 is 17.9 Å². The van der Waals surface area contributed by atoms with Gasteiger partial charge in [-0.15, -0.1) is 0 Å².